The number of rotatable bonds is 4. The molecule has 0 aliphatic rings. The Morgan fingerprint density at radius 2 is 1.25 bits per heavy atom. The molecule has 0 spiro atoms. The molecule has 0 aromatic heterocycles. The highest BCUT2D eigenvalue weighted by molar-refractivity contribution is 6.32. The molecule has 24 heavy (non-hydrogen) atoms. The summed E-state index contributed by atoms with van der Waals surface area (Å²) in [5, 5.41) is 0. The van der Waals surface area contributed by atoms with Crippen molar-refractivity contribution in [2.24, 2.45) is 4.99 Å². The second kappa shape index (κ2) is 7.56. The van der Waals surface area contributed by atoms with E-state index < -0.39 is 0 Å². The van der Waals surface area contributed by atoms with Crippen molar-refractivity contribution in [3.05, 3.63) is 108 Å². The Bertz CT molecular complexity index is 842. The van der Waals surface area contributed by atoms with Crippen LogP contribution in [0, 0.1) is 6.92 Å². The first-order valence-electron chi connectivity index (χ1n) is 8.21. The van der Waals surface area contributed by atoms with Crippen molar-refractivity contribution < 1.29 is 0 Å². The molecule has 0 saturated heterocycles. The largest absolute Gasteiger partial charge is 0.248 e. The van der Waals surface area contributed by atoms with Crippen LogP contribution in [0.15, 0.2) is 96.0 Å². The predicted molar refractivity (Wildman–Crippen MR) is 104 cm³/mol. The fourth-order valence-corrected chi connectivity index (χ4v) is 2.68. The van der Waals surface area contributed by atoms with Crippen LogP contribution >= 0.6 is 0 Å². The van der Waals surface area contributed by atoms with Gasteiger partial charge in [-0.3, -0.25) is 0 Å². The van der Waals surface area contributed by atoms with Gasteiger partial charge >= 0.3 is 0 Å². The van der Waals surface area contributed by atoms with Crippen molar-refractivity contribution in [2.45, 2.75) is 13.8 Å². The molecule has 0 fully saturated rings. The van der Waals surface area contributed by atoms with Crippen LogP contribution in [0.4, 0.5) is 5.69 Å². The van der Waals surface area contributed by atoms with Gasteiger partial charge in [0.1, 0.15) is 0 Å². The van der Waals surface area contributed by atoms with E-state index in [-0.39, 0.29) is 0 Å². The van der Waals surface area contributed by atoms with E-state index in [4.69, 9.17) is 4.99 Å². The van der Waals surface area contributed by atoms with Crippen LogP contribution in [0.3, 0.4) is 0 Å². The molecular weight excluding hydrogens is 290 g/mol. The van der Waals surface area contributed by atoms with Crippen LogP contribution in [-0.2, 0) is 0 Å². The summed E-state index contributed by atoms with van der Waals surface area (Å²) in [6.45, 7) is 4.16. The van der Waals surface area contributed by atoms with Crippen molar-refractivity contribution in [2.75, 3.05) is 0 Å². The second-order valence-corrected chi connectivity index (χ2v) is 5.73. The highest BCUT2D eigenvalue weighted by Crippen LogP contribution is 2.24. The molecule has 1 heteroatoms. The monoisotopic (exact) mass is 311 g/mol. The fraction of sp³-hybridized carbons (Fsp3) is 0.0870. The molecule has 0 saturated carbocycles. The molecule has 3 aromatic rings. The summed E-state index contributed by atoms with van der Waals surface area (Å²) in [7, 11) is 0. The van der Waals surface area contributed by atoms with E-state index >= 15 is 0 Å². The Morgan fingerprint density at radius 1 is 0.708 bits per heavy atom. The maximum absolute atomic E-state index is 4.97. The van der Waals surface area contributed by atoms with Gasteiger partial charge in [-0.2, -0.15) is 0 Å². The normalized spacial score (nSPS) is 12.2. The molecule has 3 rings (SSSR count). The van der Waals surface area contributed by atoms with Gasteiger partial charge in [0.2, 0.25) is 0 Å². The standard InChI is InChI=1S/C23H21N/c1-3-22(19-10-6-4-7-11-19)23(20-12-8-5-9-13-20)24-21-16-14-18(2)15-17-21/h3-17H,1-2H3/b22-3+,24-23?. The Morgan fingerprint density at radius 3 is 1.79 bits per heavy atom. The van der Waals surface area contributed by atoms with Crippen molar-refractivity contribution in [3.63, 3.8) is 0 Å². The zero-order valence-electron chi connectivity index (χ0n) is 14.1. The van der Waals surface area contributed by atoms with Crippen LogP contribution in [0.1, 0.15) is 23.6 Å². The molecule has 0 atom stereocenters. The average molecular weight is 311 g/mol. The molecule has 0 N–H and O–H groups in total. The maximum Gasteiger partial charge on any atom is 0.0784 e. The first-order valence-corrected chi connectivity index (χ1v) is 8.21. The highest BCUT2D eigenvalue weighted by Gasteiger charge is 2.11. The Labute approximate surface area is 144 Å². The fourth-order valence-electron chi connectivity index (χ4n) is 2.68. The van der Waals surface area contributed by atoms with Crippen molar-refractivity contribution in [1.82, 2.24) is 0 Å². The molecule has 1 nitrogen and oxygen atoms in total. The third-order valence-electron chi connectivity index (χ3n) is 3.95. The molecule has 0 heterocycles. The number of benzene rings is 3. The van der Waals surface area contributed by atoms with E-state index in [9.17, 15) is 0 Å². The van der Waals surface area contributed by atoms with E-state index in [0.29, 0.717) is 0 Å². The van der Waals surface area contributed by atoms with E-state index in [1.807, 2.05) is 12.1 Å². The quantitative estimate of drug-likeness (QED) is 0.507. The SMILES string of the molecule is C/C=C(/C(=Nc1ccc(C)cc1)c1ccccc1)c1ccccc1. The second-order valence-electron chi connectivity index (χ2n) is 5.73. The van der Waals surface area contributed by atoms with Gasteiger partial charge in [-0.05, 0) is 31.5 Å². The lowest BCUT2D eigenvalue weighted by Gasteiger charge is -2.12. The smallest absolute Gasteiger partial charge is 0.0784 e. The molecule has 0 radical (unpaired) electrons. The van der Waals surface area contributed by atoms with Crippen molar-refractivity contribution >= 4 is 17.0 Å². The minimum atomic E-state index is 0.967. The Balaban J connectivity index is 2.14. The highest BCUT2D eigenvalue weighted by atomic mass is 14.7. The topological polar surface area (TPSA) is 12.4 Å². The van der Waals surface area contributed by atoms with E-state index in [1.54, 1.807) is 0 Å². The lowest BCUT2D eigenvalue weighted by atomic mass is 9.95. The van der Waals surface area contributed by atoms with Gasteiger partial charge < -0.3 is 0 Å². The van der Waals surface area contributed by atoms with Gasteiger partial charge in [-0.15, -0.1) is 0 Å². The van der Waals surface area contributed by atoms with E-state index in [2.05, 4.69) is 92.7 Å². The molecule has 0 amide bonds. The third-order valence-corrected chi connectivity index (χ3v) is 3.95. The lowest BCUT2D eigenvalue weighted by molar-refractivity contribution is 1.43. The Hall–Kier alpha value is -2.93. The lowest BCUT2D eigenvalue weighted by Crippen LogP contribution is -2.04. The summed E-state index contributed by atoms with van der Waals surface area (Å²) in [5.41, 5.74) is 6.64. The summed E-state index contributed by atoms with van der Waals surface area (Å²) in [6, 6.07) is 29.1. The van der Waals surface area contributed by atoms with Gasteiger partial charge in [-0.25, -0.2) is 4.99 Å². The van der Waals surface area contributed by atoms with Gasteiger partial charge in [0, 0.05) is 11.1 Å². The van der Waals surface area contributed by atoms with Gasteiger partial charge in [0.25, 0.3) is 0 Å². The van der Waals surface area contributed by atoms with Crippen molar-refractivity contribution in [3.8, 4) is 0 Å². The van der Waals surface area contributed by atoms with Crippen molar-refractivity contribution in [1.29, 1.82) is 0 Å². The number of aryl methyl sites for hydroxylation is 1. The van der Waals surface area contributed by atoms with Crippen LogP contribution in [0.5, 0.6) is 0 Å². The summed E-state index contributed by atoms with van der Waals surface area (Å²) in [6.07, 6.45) is 2.13. The molecule has 0 bridgehead atoms. The first-order chi connectivity index (χ1) is 11.8. The van der Waals surface area contributed by atoms with Gasteiger partial charge in [0.15, 0.2) is 0 Å². The van der Waals surface area contributed by atoms with Crippen LogP contribution in [-0.4, -0.2) is 5.71 Å². The zero-order chi connectivity index (χ0) is 16.8. The van der Waals surface area contributed by atoms with E-state index in [0.717, 1.165) is 22.5 Å². The molecule has 3 aromatic carbocycles. The van der Waals surface area contributed by atoms with Gasteiger partial charge in [0.05, 0.1) is 11.4 Å². The molecule has 0 unspecified atom stereocenters. The summed E-state index contributed by atoms with van der Waals surface area (Å²) in [4.78, 5) is 4.97. The number of nitrogens with zero attached hydrogens (tertiary/aromatic N) is 1. The predicted octanol–water partition coefficient (Wildman–Crippen LogP) is 6.22. The average Bonchev–Trinajstić information content (AvgIpc) is 2.65. The maximum atomic E-state index is 4.97. The first kappa shape index (κ1) is 15.9. The molecular formula is C23H21N. The van der Waals surface area contributed by atoms with E-state index in [1.165, 1.54) is 11.1 Å². The van der Waals surface area contributed by atoms with Crippen LogP contribution in [0.25, 0.3) is 5.57 Å². The van der Waals surface area contributed by atoms with Crippen LogP contribution in [0.2, 0.25) is 0 Å². The third kappa shape index (κ3) is 3.69. The molecule has 0 aliphatic heterocycles. The summed E-state index contributed by atoms with van der Waals surface area (Å²) >= 11 is 0. The number of allylic oxidation sites excluding steroid dienone is 2. The number of aliphatic imine (C=N–C) groups is 1. The minimum absolute atomic E-state index is 0.967. The molecule has 0 aliphatic carbocycles. The Kier molecular flexibility index (Phi) is 5.02. The molecule has 118 valence electrons. The summed E-state index contributed by atoms with van der Waals surface area (Å²) in [5.74, 6) is 0. The zero-order valence-corrected chi connectivity index (χ0v) is 14.1. The number of hydrogen-bond donors (Lipinski definition) is 0. The number of hydrogen-bond acceptors (Lipinski definition) is 1. The van der Waals surface area contributed by atoms with Gasteiger partial charge in [-0.1, -0.05) is 84.4 Å². The minimum Gasteiger partial charge on any atom is -0.248 e. The summed E-state index contributed by atoms with van der Waals surface area (Å²) < 4.78 is 0. The van der Waals surface area contributed by atoms with Crippen LogP contribution < -0.4 is 0 Å².